The Morgan fingerprint density at radius 3 is 2.64 bits per heavy atom. The van der Waals surface area contributed by atoms with Gasteiger partial charge in [0.15, 0.2) is 0 Å². The second-order valence-electron chi connectivity index (χ2n) is 5.83. The van der Waals surface area contributed by atoms with E-state index in [9.17, 15) is 23.1 Å². The van der Waals surface area contributed by atoms with Gasteiger partial charge in [-0.3, -0.25) is 10.1 Å². The van der Waals surface area contributed by atoms with Crippen LogP contribution < -0.4 is 10.5 Å². The smallest absolute Gasteiger partial charge is 0.293 e. The van der Waals surface area contributed by atoms with Crippen molar-refractivity contribution in [1.82, 2.24) is 0 Å². The summed E-state index contributed by atoms with van der Waals surface area (Å²) in [5, 5.41) is 27.7. The van der Waals surface area contributed by atoms with Crippen molar-refractivity contribution < 1.29 is 17.9 Å². The fraction of sp³-hybridized carbons (Fsp3) is 0.462. The topological polar surface area (TPSA) is 172 Å². The van der Waals surface area contributed by atoms with Crippen LogP contribution in [0.2, 0.25) is 0 Å². The summed E-state index contributed by atoms with van der Waals surface area (Å²) >= 11 is 0. The molecule has 4 N–H and O–H groups in total. The van der Waals surface area contributed by atoms with Crippen LogP contribution in [0.5, 0.6) is 0 Å². The molecule has 2 rings (SSSR count). The fourth-order valence-electron chi connectivity index (χ4n) is 2.67. The number of hydrogen-bond acceptors (Lipinski definition) is 7. The zero-order valence-electron chi connectivity index (χ0n) is 13.2. The molecule has 0 unspecified atom stereocenters. The second kappa shape index (κ2) is 7.44. The molecule has 0 spiro atoms. The van der Waals surface area contributed by atoms with Crippen LogP contribution in [0.1, 0.15) is 12.8 Å². The predicted molar refractivity (Wildman–Crippen MR) is 94.8 cm³/mol. The van der Waals surface area contributed by atoms with Crippen LogP contribution in [-0.4, -0.2) is 35.9 Å². The number of thiol groups is 1. The number of primary sulfonamides is 1. The molecule has 138 valence electrons. The first-order chi connectivity index (χ1) is 11.6. The minimum Gasteiger partial charge on any atom is -0.379 e. The number of sulfonamides is 1. The lowest BCUT2D eigenvalue weighted by Crippen LogP contribution is -2.31. The first-order valence-electron chi connectivity index (χ1n) is 7.41. The van der Waals surface area contributed by atoms with Gasteiger partial charge >= 0.3 is 0 Å². The van der Waals surface area contributed by atoms with Gasteiger partial charge in [-0.2, -0.15) is 5.26 Å². The molecular formula is C13H19N5O5S2. The number of nitrogens with two attached hydrogens (primary N) is 1. The van der Waals surface area contributed by atoms with Crippen molar-refractivity contribution in [2.24, 2.45) is 15.4 Å². The molecule has 1 aromatic carbocycles. The van der Waals surface area contributed by atoms with Gasteiger partial charge in [0.2, 0.25) is 16.2 Å². The molecule has 1 aliphatic heterocycles. The number of anilines is 1. The van der Waals surface area contributed by atoms with Gasteiger partial charge in [0.05, 0.1) is 9.82 Å². The highest BCUT2D eigenvalue weighted by molar-refractivity contribution is 8.00. The molecule has 0 radical (unpaired) electrons. The van der Waals surface area contributed by atoms with Gasteiger partial charge in [-0.25, -0.2) is 13.6 Å². The van der Waals surface area contributed by atoms with Crippen molar-refractivity contribution in [3.8, 4) is 6.19 Å². The summed E-state index contributed by atoms with van der Waals surface area (Å²) in [6, 6.07) is 3.45. The van der Waals surface area contributed by atoms with Crippen molar-refractivity contribution in [3.63, 3.8) is 0 Å². The molecule has 1 heterocycles. The molecule has 12 heteroatoms. The molecule has 0 bridgehead atoms. The predicted octanol–water partition coefficient (Wildman–Crippen LogP) is 1.09. The Bertz CT molecular complexity index is 865. The maximum absolute atomic E-state index is 11.3. The number of nitrogens with one attached hydrogen (secondary N) is 1. The largest absolute Gasteiger partial charge is 0.379 e. The van der Waals surface area contributed by atoms with Crippen molar-refractivity contribution in [3.05, 3.63) is 28.3 Å². The van der Waals surface area contributed by atoms with Gasteiger partial charge in [0.1, 0.15) is 5.69 Å². The van der Waals surface area contributed by atoms with E-state index >= 15 is 0 Å². The average Bonchev–Trinajstić information content (AvgIpc) is 2.53. The van der Waals surface area contributed by atoms with Gasteiger partial charge in [0, 0.05) is 24.1 Å². The fourth-order valence-corrected chi connectivity index (χ4v) is 5.35. The van der Waals surface area contributed by atoms with E-state index in [4.69, 9.17) is 10.4 Å². The van der Waals surface area contributed by atoms with Crippen LogP contribution in [0.4, 0.5) is 11.4 Å². The van der Waals surface area contributed by atoms with Gasteiger partial charge in [-0.15, -0.1) is 4.36 Å². The Hall–Kier alpha value is -2.07. The first-order valence-corrected chi connectivity index (χ1v) is 11.0. The van der Waals surface area contributed by atoms with E-state index in [0.717, 1.165) is 6.07 Å². The van der Waals surface area contributed by atoms with E-state index in [0.29, 0.717) is 30.9 Å². The van der Waals surface area contributed by atoms with Crippen LogP contribution in [0.3, 0.4) is 0 Å². The number of nitriles is 1. The molecule has 25 heavy (non-hydrogen) atoms. The number of rotatable bonds is 5. The van der Waals surface area contributed by atoms with Crippen molar-refractivity contribution in [2.45, 2.75) is 17.7 Å². The third-order valence-electron chi connectivity index (χ3n) is 4.10. The maximum Gasteiger partial charge on any atom is 0.293 e. The molecule has 1 aromatic rings. The first kappa shape index (κ1) is 19.3. The molecule has 10 nitrogen and oxygen atoms in total. The van der Waals surface area contributed by atoms with Crippen LogP contribution in [0, 0.1) is 27.5 Å². The molecule has 1 fully saturated rings. The Morgan fingerprint density at radius 1 is 1.48 bits per heavy atom. The SMILES string of the molecule is N#CN=[SH]1(O)CCC(CNc2ccc(S(N)(=O)=O)cc2[N+](=O)[O-])CC1. The molecule has 0 amide bonds. The summed E-state index contributed by atoms with van der Waals surface area (Å²) in [5.74, 6) is 1.09. The van der Waals surface area contributed by atoms with Crippen LogP contribution >= 0.6 is 0 Å². The number of nitro groups is 1. The van der Waals surface area contributed by atoms with E-state index < -0.39 is 25.1 Å². The maximum atomic E-state index is 11.3. The highest BCUT2D eigenvalue weighted by atomic mass is 32.3. The number of benzene rings is 1. The molecule has 1 aliphatic rings. The van der Waals surface area contributed by atoms with Gasteiger partial charge < -0.3 is 9.87 Å². The number of hydrogen-bond donors (Lipinski definition) is 4. The van der Waals surface area contributed by atoms with E-state index in [2.05, 4.69) is 9.68 Å². The van der Waals surface area contributed by atoms with Crippen molar-refractivity contribution >= 4 is 31.5 Å². The van der Waals surface area contributed by atoms with Crippen molar-refractivity contribution in [1.29, 1.82) is 5.26 Å². The van der Waals surface area contributed by atoms with Gasteiger partial charge in [-0.1, -0.05) is 10.1 Å². The van der Waals surface area contributed by atoms with E-state index in [1.807, 2.05) is 0 Å². The standard InChI is InChI=1S/C13H19N5O5S2/c14-9-17-24(21)5-3-10(4-6-24)8-16-12-2-1-11(25(15,22)23)7-13(12)18(19)20/h1-2,7,10,16,24H,3-6,8H2,(H,17,21)(H2,15,22,23). The highest BCUT2D eigenvalue weighted by Gasteiger charge is 2.24. The summed E-state index contributed by atoms with van der Waals surface area (Å²) in [5.41, 5.74) is -0.166. The molecular weight excluding hydrogens is 370 g/mol. The minimum atomic E-state index is -4.02. The monoisotopic (exact) mass is 389 g/mol. The Labute approximate surface area is 146 Å². The normalized spacial score (nSPS) is 20.9. The van der Waals surface area contributed by atoms with Crippen LogP contribution in [-0.2, 0) is 20.1 Å². The molecule has 0 saturated carbocycles. The molecule has 0 atom stereocenters. The molecule has 0 aliphatic carbocycles. The third-order valence-corrected chi connectivity index (χ3v) is 7.42. The summed E-state index contributed by atoms with van der Waals surface area (Å²) in [4.78, 5) is 10.2. The molecule has 1 saturated heterocycles. The molecule has 0 aromatic heterocycles. The summed E-state index contributed by atoms with van der Waals surface area (Å²) < 4.78 is 36.4. The number of nitrogens with zero attached hydrogens (tertiary/aromatic N) is 3. The zero-order valence-corrected chi connectivity index (χ0v) is 14.9. The van der Waals surface area contributed by atoms with Crippen LogP contribution in [0.25, 0.3) is 0 Å². The summed E-state index contributed by atoms with van der Waals surface area (Å²) in [7, 11) is -6.52. The Morgan fingerprint density at radius 2 is 2.12 bits per heavy atom. The Kier molecular flexibility index (Phi) is 5.73. The lowest BCUT2D eigenvalue weighted by Gasteiger charge is -2.32. The quantitative estimate of drug-likeness (QED) is 0.252. The second-order valence-corrected chi connectivity index (χ2v) is 10.2. The zero-order chi connectivity index (χ0) is 18.7. The highest BCUT2D eigenvalue weighted by Crippen LogP contribution is 2.29. The van der Waals surface area contributed by atoms with Gasteiger partial charge in [0.25, 0.3) is 5.69 Å². The average molecular weight is 389 g/mol. The Balaban J connectivity index is 2.08. The lowest BCUT2D eigenvalue weighted by molar-refractivity contribution is -0.384. The van der Waals surface area contributed by atoms with Crippen LogP contribution in [0.15, 0.2) is 27.5 Å². The van der Waals surface area contributed by atoms with Crippen molar-refractivity contribution in [2.75, 3.05) is 23.4 Å². The minimum absolute atomic E-state index is 0.173. The number of nitro benzene ring substituents is 1. The lowest BCUT2D eigenvalue weighted by atomic mass is 10.0. The van der Waals surface area contributed by atoms with E-state index in [-0.39, 0.29) is 22.2 Å². The van der Waals surface area contributed by atoms with E-state index in [1.54, 1.807) is 6.19 Å². The third kappa shape index (κ3) is 4.95. The summed E-state index contributed by atoms with van der Waals surface area (Å²) in [6.45, 7) is 0.433. The van der Waals surface area contributed by atoms with Gasteiger partial charge in [-0.05, 0) is 30.9 Å². The van der Waals surface area contributed by atoms with E-state index in [1.165, 1.54) is 12.1 Å². The summed E-state index contributed by atoms with van der Waals surface area (Å²) in [6.07, 6.45) is 2.98.